The number of fused-ring (bicyclic) bond motifs is 1. The van der Waals surface area contributed by atoms with Crippen LogP contribution in [0.5, 0.6) is 0 Å². The van der Waals surface area contributed by atoms with Gasteiger partial charge in [0.2, 0.25) is 0 Å². The lowest BCUT2D eigenvalue weighted by atomic mass is 9.84. The Labute approximate surface area is 308 Å². The van der Waals surface area contributed by atoms with Crippen LogP contribution in [0.2, 0.25) is 0 Å². The van der Waals surface area contributed by atoms with Gasteiger partial charge in [-0.2, -0.15) is 0 Å². The molecule has 7 rings (SSSR count). The Morgan fingerprint density at radius 1 is 0.745 bits per heavy atom. The van der Waals surface area contributed by atoms with Gasteiger partial charge in [-0.05, 0) is 108 Å². The number of para-hydroxylation sites is 1. The highest BCUT2D eigenvalue weighted by Gasteiger charge is 2.33. The third-order valence-electron chi connectivity index (χ3n) is 10.6. The van der Waals surface area contributed by atoms with Crippen molar-refractivity contribution in [1.29, 1.82) is 0 Å². The van der Waals surface area contributed by atoms with E-state index in [0.29, 0.717) is 11.8 Å². The van der Waals surface area contributed by atoms with Crippen molar-refractivity contribution < 1.29 is 4.79 Å². The molecule has 51 heavy (non-hydrogen) atoms. The first-order chi connectivity index (χ1) is 24.9. The number of nitrogens with zero attached hydrogens (tertiary/aromatic N) is 2. The van der Waals surface area contributed by atoms with E-state index >= 15 is 0 Å². The number of Topliss-reactive ketones (excluding diaryl/α,β-unsaturated/α-hetero) is 1. The van der Waals surface area contributed by atoms with E-state index < -0.39 is 0 Å². The largest absolute Gasteiger partial charge is 0.361 e. The third kappa shape index (κ3) is 7.48. The predicted octanol–water partition coefficient (Wildman–Crippen LogP) is 12.5. The molecule has 0 N–H and O–H groups in total. The summed E-state index contributed by atoms with van der Waals surface area (Å²) in [5, 5.41) is 1.12. The zero-order valence-corrected chi connectivity index (χ0v) is 31.1. The fraction of sp³-hybridized carbons (Fsp3) is 0.255. The fourth-order valence-corrected chi connectivity index (χ4v) is 8.85. The maximum atomic E-state index is 13.3. The molecule has 4 heteroatoms. The van der Waals surface area contributed by atoms with E-state index in [1.54, 1.807) is 11.8 Å². The molecule has 5 aromatic rings. The van der Waals surface area contributed by atoms with Gasteiger partial charge in [0.05, 0.1) is 5.03 Å². The monoisotopic (exact) mass is 688 g/mol. The molecule has 0 radical (unpaired) electrons. The van der Waals surface area contributed by atoms with Crippen molar-refractivity contribution in [2.45, 2.75) is 65.2 Å². The number of hydrogen-bond acceptors (Lipinski definition) is 4. The third-order valence-corrected chi connectivity index (χ3v) is 11.8. The Morgan fingerprint density at radius 3 is 2.02 bits per heavy atom. The minimum absolute atomic E-state index is 0.184. The van der Waals surface area contributed by atoms with Crippen LogP contribution < -0.4 is 4.90 Å². The first-order valence-corrected chi connectivity index (χ1v) is 19.4. The van der Waals surface area contributed by atoms with E-state index in [4.69, 9.17) is 0 Å². The number of anilines is 3. The van der Waals surface area contributed by atoms with Gasteiger partial charge in [0, 0.05) is 52.6 Å². The Kier molecular flexibility index (Phi) is 10.6. The normalized spacial score (nSPS) is 17.5. The number of thioether (sulfide) groups is 1. The zero-order valence-electron chi connectivity index (χ0n) is 30.3. The van der Waals surface area contributed by atoms with E-state index in [0.717, 1.165) is 83.1 Å². The van der Waals surface area contributed by atoms with Gasteiger partial charge >= 0.3 is 0 Å². The quantitative estimate of drug-likeness (QED) is 0.129. The molecule has 5 aromatic carbocycles. The predicted molar refractivity (Wildman–Crippen MR) is 217 cm³/mol. The molecule has 258 valence electrons. The van der Waals surface area contributed by atoms with E-state index in [-0.39, 0.29) is 5.78 Å². The molecule has 1 saturated heterocycles. The molecule has 1 aliphatic carbocycles. The summed E-state index contributed by atoms with van der Waals surface area (Å²) >= 11 is 1.76. The molecule has 0 saturated carbocycles. The molecule has 0 spiro atoms. The topological polar surface area (TPSA) is 23.6 Å². The summed E-state index contributed by atoms with van der Waals surface area (Å²) in [6, 6.07) is 46.0. The molecule has 1 heterocycles. The average molecular weight is 689 g/mol. The Hall–Kier alpha value is -4.80. The van der Waals surface area contributed by atoms with Crippen LogP contribution in [0.3, 0.4) is 0 Å². The SMILES string of the molecule is CCc1ccc(C(CC)CC(C)c2ccc(N(c3ccccc3)c3ccc(/C=C4\CN(CC)/C(=C5/Cc6ccccc6C5=O)S4)cc3)cc2)cc1. The summed E-state index contributed by atoms with van der Waals surface area (Å²) in [4.78, 5) is 19.3. The van der Waals surface area contributed by atoms with Crippen molar-refractivity contribution in [3.05, 3.63) is 176 Å². The molecule has 3 nitrogen and oxygen atoms in total. The smallest absolute Gasteiger partial charge is 0.192 e. The lowest BCUT2D eigenvalue weighted by Gasteiger charge is -2.26. The van der Waals surface area contributed by atoms with Crippen LogP contribution in [0.15, 0.2) is 143 Å². The molecule has 1 fully saturated rings. The van der Waals surface area contributed by atoms with Gasteiger partial charge in [0.1, 0.15) is 0 Å². The summed E-state index contributed by atoms with van der Waals surface area (Å²) in [5.74, 6) is 1.20. The molecule has 2 atom stereocenters. The van der Waals surface area contributed by atoms with Gasteiger partial charge in [0.15, 0.2) is 5.78 Å². The molecule has 0 amide bonds. The number of ketones is 1. The van der Waals surface area contributed by atoms with Crippen molar-refractivity contribution >= 4 is 40.7 Å². The summed E-state index contributed by atoms with van der Waals surface area (Å²) in [6.45, 7) is 10.8. The van der Waals surface area contributed by atoms with E-state index in [2.05, 4.69) is 153 Å². The van der Waals surface area contributed by atoms with Gasteiger partial charge < -0.3 is 9.80 Å². The van der Waals surface area contributed by atoms with E-state index in [1.807, 2.05) is 18.2 Å². The highest BCUT2D eigenvalue weighted by atomic mass is 32.2. The van der Waals surface area contributed by atoms with Crippen LogP contribution in [0.25, 0.3) is 6.08 Å². The van der Waals surface area contributed by atoms with Crippen LogP contribution in [0, 0.1) is 0 Å². The lowest BCUT2D eigenvalue weighted by molar-refractivity contribution is 0.103. The number of carbonyl (C=O) groups is 1. The van der Waals surface area contributed by atoms with Crippen molar-refractivity contribution in [3.63, 3.8) is 0 Å². The number of allylic oxidation sites excluding steroid dienone is 1. The molecule has 2 unspecified atom stereocenters. The molecular weight excluding hydrogens is 641 g/mol. The van der Waals surface area contributed by atoms with Gasteiger partial charge in [0.25, 0.3) is 0 Å². The fourth-order valence-electron chi connectivity index (χ4n) is 7.57. The lowest BCUT2D eigenvalue weighted by Crippen LogP contribution is -2.19. The van der Waals surface area contributed by atoms with Gasteiger partial charge in [-0.15, -0.1) is 0 Å². The average Bonchev–Trinajstić information content (AvgIpc) is 3.75. The molecule has 1 aliphatic heterocycles. The first-order valence-electron chi connectivity index (χ1n) is 18.6. The van der Waals surface area contributed by atoms with Crippen LogP contribution >= 0.6 is 11.8 Å². The van der Waals surface area contributed by atoms with Gasteiger partial charge in [-0.3, -0.25) is 4.79 Å². The second-order valence-corrected chi connectivity index (χ2v) is 15.0. The van der Waals surface area contributed by atoms with Crippen molar-refractivity contribution in [2.24, 2.45) is 0 Å². The summed E-state index contributed by atoms with van der Waals surface area (Å²) in [5.41, 5.74) is 11.7. The number of rotatable bonds is 11. The molecule has 0 aromatic heterocycles. The van der Waals surface area contributed by atoms with Crippen LogP contribution in [-0.2, 0) is 12.8 Å². The minimum Gasteiger partial charge on any atom is -0.361 e. The highest BCUT2D eigenvalue weighted by Crippen LogP contribution is 2.44. The Morgan fingerprint density at radius 2 is 1.37 bits per heavy atom. The van der Waals surface area contributed by atoms with Crippen molar-refractivity contribution in [3.8, 4) is 0 Å². The van der Waals surface area contributed by atoms with E-state index in [9.17, 15) is 4.79 Å². The van der Waals surface area contributed by atoms with E-state index in [1.165, 1.54) is 21.6 Å². The Balaban J connectivity index is 1.09. The molecular formula is C47H48N2OS. The second kappa shape index (κ2) is 15.6. The van der Waals surface area contributed by atoms with Crippen LogP contribution in [0.4, 0.5) is 17.1 Å². The second-order valence-electron chi connectivity index (χ2n) is 13.9. The van der Waals surface area contributed by atoms with Crippen molar-refractivity contribution in [1.82, 2.24) is 4.90 Å². The zero-order chi connectivity index (χ0) is 35.3. The van der Waals surface area contributed by atoms with Crippen LogP contribution in [0.1, 0.15) is 90.5 Å². The number of aryl methyl sites for hydroxylation is 1. The molecule has 0 bridgehead atoms. The standard InChI is InChI=1S/C47H48N2OS/c1-5-34-17-21-38(22-18-34)36(6-2)29-33(4)37-23-27-42(28-24-37)49(40-14-9-8-10-15-40)41-25-19-35(20-26-41)30-43-32-48(7-3)47(51-43)45-31-39-13-11-12-16-44(39)46(45)50/h8-28,30,33,36H,5-7,29,31-32H2,1-4H3/b43-30+,47-45+. The number of benzene rings is 5. The maximum Gasteiger partial charge on any atom is 0.192 e. The number of hydrogen-bond donors (Lipinski definition) is 0. The maximum absolute atomic E-state index is 13.3. The number of carbonyl (C=O) groups excluding carboxylic acids is 1. The summed E-state index contributed by atoms with van der Waals surface area (Å²) in [6.07, 6.45) is 6.36. The van der Waals surface area contributed by atoms with Gasteiger partial charge in [-0.25, -0.2) is 0 Å². The number of likely N-dealkylation sites (N-methyl/N-ethyl adjacent to an activating group) is 1. The summed E-state index contributed by atoms with van der Waals surface area (Å²) in [7, 11) is 0. The Bertz CT molecular complexity index is 2030. The summed E-state index contributed by atoms with van der Waals surface area (Å²) < 4.78 is 0. The molecule has 2 aliphatic rings. The van der Waals surface area contributed by atoms with Crippen molar-refractivity contribution in [2.75, 3.05) is 18.0 Å². The van der Waals surface area contributed by atoms with Gasteiger partial charge in [-0.1, -0.05) is 124 Å². The first kappa shape index (κ1) is 34.6. The highest BCUT2D eigenvalue weighted by molar-refractivity contribution is 8.07. The van der Waals surface area contributed by atoms with Crippen LogP contribution in [-0.4, -0.2) is 23.8 Å². The minimum atomic E-state index is 0.184.